The normalized spacial score (nSPS) is 11.4. The molecule has 0 fully saturated rings. The van der Waals surface area contributed by atoms with Crippen LogP contribution in [0.4, 0.5) is 0 Å². The van der Waals surface area contributed by atoms with E-state index in [1.165, 1.54) is 0 Å². The third-order valence-electron chi connectivity index (χ3n) is 2.78. The Balaban J connectivity index is 2.97. The molecule has 0 heterocycles. The second kappa shape index (κ2) is 7.74. The Morgan fingerprint density at radius 2 is 2.16 bits per heavy atom. The minimum atomic E-state index is 0.125. The van der Waals surface area contributed by atoms with Gasteiger partial charge in [0.15, 0.2) is 5.11 Å². The van der Waals surface area contributed by atoms with E-state index >= 15 is 0 Å². The number of aryl methyl sites for hydroxylation is 1. The van der Waals surface area contributed by atoms with Gasteiger partial charge >= 0.3 is 0 Å². The number of hydrogen-bond acceptors (Lipinski definition) is 3. The van der Waals surface area contributed by atoms with Crippen molar-refractivity contribution < 1.29 is 5.11 Å². The molecule has 0 radical (unpaired) electrons. The summed E-state index contributed by atoms with van der Waals surface area (Å²) in [6.45, 7) is 4.13. The molecule has 0 spiro atoms. The van der Waals surface area contributed by atoms with Crippen molar-refractivity contribution in [1.29, 1.82) is 0 Å². The molecule has 1 rings (SSSR count). The van der Waals surface area contributed by atoms with Crippen molar-refractivity contribution in [3.8, 4) is 5.75 Å². The maximum absolute atomic E-state index is 9.95. The molecular weight excluding hydrogens is 258 g/mol. The van der Waals surface area contributed by atoms with Crippen molar-refractivity contribution in [3.63, 3.8) is 0 Å². The van der Waals surface area contributed by atoms with E-state index in [0.29, 0.717) is 0 Å². The van der Waals surface area contributed by atoms with Gasteiger partial charge in [-0.2, -0.15) is 5.10 Å². The molecule has 0 aliphatic heterocycles. The van der Waals surface area contributed by atoms with E-state index < -0.39 is 0 Å². The summed E-state index contributed by atoms with van der Waals surface area (Å²) in [4.78, 5) is 0. The number of benzene rings is 1. The van der Waals surface area contributed by atoms with E-state index in [9.17, 15) is 5.11 Å². The van der Waals surface area contributed by atoms with Gasteiger partial charge in [0, 0.05) is 5.56 Å². The summed E-state index contributed by atoms with van der Waals surface area (Å²) in [7, 11) is 0. The van der Waals surface area contributed by atoms with Crippen molar-refractivity contribution >= 4 is 23.0 Å². The number of phenolic OH excluding ortho intramolecular Hbond substituents is 1. The number of hydrazone groups is 1. The fourth-order valence-electron chi connectivity index (χ4n) is 1.80. The zero-order valence-corrected chi connectivity index (χ0v) is 12.3. The summed E-state index contributed by atoms with van der Waals surface area (Å²) in [5.74, 6) is 0.227. The highest BCUT2D eigenvalue weighted by Crippen LogP contribution is 2.21. The fourth-order valence-corrected chi connectivity index (χ4v) is 1.84. The number of unbranched alkanes of at least 4 members (excludes halogenated alkanes) is 2. The summed E-state index contributed by atoms with van der Waals surface area (Å²) in [5, 5.41) is 14.3. The molecule has 0 amide bonds. The van der Waals surface area contributed by atoms with Gasteiger partial charge in [-0.1, -0.05) is 31.4 Å². The summed E-state index contributed by atoms with van der Waals surface area (Å²) in [5.41, 5.74) is 10.6. The lowest BCUT2D eigenvalue weighted by Gasteiger charge is -2.10. The van der Waals surface area contributed by atoms with E-state index in [4.69, 9.17) is 18.0 Å². The largest absolute Gasteiger partial charge is 0.507 e. The Labute approximate surface area is 119 Å². The Hall–Kier alpha value is -1.62. The maximum atomic E-state index is 9.95. The van der Waals surface area contributed by atoms with Crippen LogP contribution in [0.3, 0.4) is 0 Å². The van der Waals surface area contributed by atoms with Crippen LogP contribution in [0.1, 0.15) is 43.7 Å². The van der Waals surface area contributed by atoms with Crippen LogP contribution in [0.25, 0.3) is 0 Å². The Bertz CT molecular complexity index is 472. The van der Waals surface area contributed by atoms with E-state index in [2.05, 4.69) is 17.5 Å². The van der Waals surface area contributed by atoms with Crippen LogP contribution in [0.15, 0.2) is 23.3 Å². The number of nitrogens with zero attached hydrogens (tertiary/aromatic N) is 1. The lowest BCUT2D eigenvalue weighted by Crippen LogP contribution is -2.25. The number of hydrogen-bond donors (Lipinski definition) is 3. The van der Waals surface area contributed by atoms with Crippen molar-refractivity contribution in [2.75, 3.05) is 0 Å². The highest BCUT2D eigenvalue weighted by atomic mass is 32.1. The number of nitrogens with one attached hydrogen (secondary N) is 1. The molecular formula is C14H21N3OS. The van der Waals surface area contributed by atoms with Crippen LogP contribution in [0.2, 0.25) is 0 Å². The fraction of sp³-hybridized carbons (Fsp3) is 0.429. The second-order valence-electron chi connectivity index (χ2n) is 4.51. The van der Waals surface area contributed by atoms with Gasteiger partial charge in [0.25, 0.3) is 0 Å². The molecule has 1 aromatic carbocycles. The van der Waals surface area contributed by atoms with E-state index in [-0.39, 0.29) is 10.9 Å². The van der Waals surface area contributed by atoms with Crippen LogP contribution in [-0.4, -0.2) is 15.9 Å². The van der Waals surface area contributed by atoms with Crippen molar-refractivity contribution in [2.24, 2.45) is 10.8 Å². The van der Waals surface area contributed by atoms with Gasteiger partial charge in [-0.05, 0) is 44.1 Å². The van der Waals surface area contributed by atoms with Crippen molar-refractivity contribution in [3.05, 3.63) is 29.3 Å². The monoisotopic (exact) mass is 279 g/mol. The van der Waals surface area contributed by atoms with Gasteiger partial charge < -0.3 is 10.8 Å². The lowest BCUT2D eigenvalue weighted by molar-refractivity contribution is 0.473. The SMILES string of the molecule is CCCCC/C(=N\NC(N)=S)c1cc(C)ccc1O. The average Bonchev–Trinajstić information content (AvgIpc) is 2.36. The molecule has 0 aliphatic rings. The van der Waals surface area contributed by atoms with E-state index in [0.717, 1.165) is 42.5 Å². The second-order valence-corrected chi connectivity index (χ2v) is 4.95. The summed E-state index contributed by atoms with van der Waals surface area (Å²) in [6, 6.07) is 5.46. The van der Waals surface area contributed by atoms with Crippen molar-refractivity contribution in [2.45, 2.75) is 39.5 Å². The summed E-state index contributed by atoms with van der Waals surface area (Å²) >= 11 is 4.75. The molecule has 0 aliphatic carbocycles. The highest BCUT2D eigenvalue weighted by molar-refractivity contribution is 7.80. The van der Waals surface area contributed by atoms with Gasteiger partial charge in [0.05, 0.1) is 5.71 Å². The molecule has 19 heavy (non-hydrogen) atoms. The minimum Gasteiger partial charge on any atom is -0.507 e. The first kappa shape index (κ1) is 15.4. The standard InChI is InChI=1S/C14H21N3OS/c1-3-4-5-6-12(16-17-14(15)19)11-9-10(2)7-8-13(11)18/h7-9,18H,3-6H2,1-2H3,(H3,15,17,19)/b16-12+. The molecule has 0 atom stereocenters. The Morgan fingerprint density at radius 1 is 1.42 bits per heavy atom. The lowest BCUT2D eigenvalue weighted by atomic mass is 10.0. The molecule has 0 bridgehead atoms. The third kappa shape index (κ3) is 5.26. The smallest absolute Gasteiger partial charge is 0.184 e. The molecule has 1 aromatic rings. The topological polar surface area (TPSA) is 70.6 Å². The first-order valence-corrected chi connectivity index (χ1v) is 6.87. The number of aromatic hydroxyl groups is 1. The Kier molecular flexibility index (Phi) is 6.29. The number of thiocarbonyl (C=S) groups is 1. The molecule has 0 aromatic heterocycles. The van der Waals surface area contributed by atoms with Gasteiger partial charge in [0.1, 0.15) is 5.75 Å². The van der Waals surface area contributed by atoms with Gasteiger partial charge in [-0.25, -0.2) is 0 Å². The van der Waals surface area contributed by atoms with Crippen LogP contribution >= 0.6 is 12.2 Å². The quantitative estimate of drug-likeness (QED) is 0.324. The van der Waals surface area contributed by atoms with Crippen molar-refractivity contribution in [1.82, 2.24) is 5.43 Å². The summed E-state index contributed by atoms with van der Waals surface area (Å²) < 4.78 is 0. The molecule has 4 N–H and O–H groups in total. The minimum absolute atomic E-state index is 0.125. The predicted octanol–water partition coefficient (Wildman–Crippen LogP) is 2.82. The zero-order valence-electron chi connectivity index (χ0n) is 11.4. The number of nitrogens with two attached hydrogens (primary N) is 1. The summed E-state index contributed by atoms with van der Waals surface area (Å²) in [6.07, 6.45) is 4.05. The van der Waals surface area contributed by atoms with Gasteiger partial charge in [-0.3, -0.25) is 5.43 Å². The molecule has 0 saturated carbocycles. The predicted molar refractivity (Wildman–Crippen MR) is 83.4 cm³/mol. The molecule has 4 nitrogen and oxygen atoms in total. The van der Waals surface area contributed by atoms with Crippen LogP contribution in [-0.2, 0) is 0 Å². The van der Waals surface area contributed by atoms with Crippen LogP contribution in [0, 0.1) is 6.92 Å². The zero-order chi connectivity index (χ0) is 14.3. The number of rotatable bonds is 6. The Morgan fingerprint density at radius 3 is 2.79 bits per heavy atom. The van der Waals surface area contributed by atoms with Gasteiger partial charge in [-0.15, -0.1) is 0 Å². The first-order valence-electron chi connectivity index (χ1n) is 6.46. The average molecular weight is 279 g/mol. The van der Waals surface area contributed by atoms with E-state index in [1.54, 1.807) is 6.07 Å². The maximum Gasteiger partial charge on any atom is 0.184 e. The molecule has 5 heteroatoms. The highest BCUT2D eigenvalue weighted by Gasteiger charge is 2.09. The molecule has 104 valence electrons. The van der Waals surface area contributed by atoms with E-state index in [1.807, 2.05) is 19.1 Å². The number of phenols is 1. The van der Waals surface area contributed by atoms with Gasteiger partial charge in [0.2, 0.25) is 0 Å². The third-order valence-corrected chi connectivity index (χ3v) is 2.87. The molecule has 0 saturated heterocycles. The van der Waals surface area contributed by atoms with Crippen LogP contribution < -0.4 is 11.2 Å². The first-order chi connectivity index (χ1) is 9.04. The molecule has 0 unspecified atom stereocenters. The van der Waals surface area contributed by atoms with Crippen LogP contribution in [0.5, 0.6) is 5.75 Å².